The molecule has 2 rings (SSSR count). The van der Waals surface area contributed by atoms with Crippen LogP contribution in [0.15, 0.2) is 60.7 Å². The van der Waals surface area contributed by atoms with Gasteiger partial charge in [0, 0.05) is 11.8 Å². The minimum atomic E-state index is -0.552. The summed E-state index contributed by atoms with van der Waals surface area (Å²) in [6, 6.07) is 19.8. The first-order valence-corrected chi connectivity index (χ1v) is 16.1. The molecule has 0 heterocycles. The van der Waals surface area contributed by atoms with Crippen molar-refractivity contribution in [2.45, 2.75) is 138 Å². The maximum atomic E-state index is 12.1. The van der Waals surface area contributed by atoms with E-state index in [4.69, 9.17) is 9.99 Å². The molecule has 0 aromatic heterocycles. The Morgan fingerprint density at radius 3 is 1.58 bits per heavy atom. The van der Waals surface area contributed by atoms with E-state index in [-0.39, 0.29) is 17.3 Å². The van der Waals surface area contributed by atoms with Crippen LogP contribution in [-0.4, -0.2) is 17.2 Å². The smallest absolute Gasteiger partial charge is 0.345 e. The third-order valence-corrected chi connectivity index (χ3v) is 8.08. The molecule has 0 saturated carbocycles. The maximum Gasteiger partial charge on any atom is 0.345 e. The van der Waals surface area contributed by atoms with Gasteiger partial charge in [-0.1, -0.05) is 142 Å². The lowest BCUT2D eigenvalue weighted by molar-refractivity contribution is -0.241. The van der Waals surface area contributed by atoms with Gasteiger partial charge in [-0.25, -0.2) is 4.79 Å². The van der Waals surface area contributed by atoms with E-state index in [1.807, 2.05) is 88.4 Å². The predicted molar refractivity (Wildman–Crippen MR) is 178 cm³/mol. The Balaban J connectivity index is 0.000000430. The van der Waals surface area contributed by atoms with E-state index >= 15 is 0 Å². The number of unbranched alkanes of at least 4 members (excludes halogenated alkanes) is 3. The van der Waals surface area contributed by atoms with Gasteiger partial charge >= 0.3 is 11.9 Å². The van der Waals surface area contributed by atoms with E-state index in [0.29, 0.717) is 17.3 Å². The van der Waals surface area contributed by atoms with Crippen molar-refractivity contribution in [1.82, 2.24) is 0 Å². The molecular formula is C38H60O5. The second-order valence-corrected chi connectivity index (χ2v) is 15.3. The van der Waals surface area contributed by atoms with Gasteiger partial charge in [0.15, 0.2) is 0 Å². The van der Waals surface area contributed by atoms with Gasteiger partial charge in [0.1, 0.15) is 5.60 Å². The third kappa shape index (κ3) is 15.6. The zero-order valence-electron chi connectivity index (χ0n) is 28.8. The summed E-state index contributed by atoms with van der Waals surface area (Å²) in [6.45, 7) is 21.4. The molecule has 0 radical (unpaired) electrons. The van der Waals surface area contributed by atoms with Gasteiger partial charge in [-0.2, -0.15) is 5.26 Å². The molecule has 0 amide bonds. The van der Waals surface area contributed by atoms with Gasteiger partial charge < -0.3 is 9.62 Å². The Bertz CT molecular complexity index is 1060. The molecule has 242 valence electrons. The van der Waals surface area contributed by atoms with E-state index in [0.717, 1.165) is 49.7 Å². The molecule has 0 saturated heterocycles. The largest absolute Gasteiger partial charge is 0.455 e. The van der Waals surface area contributed by atoms with Gasteiger partial charge in [-0.15, -0.1) is 0 Å². The highest BCUT2D eigenvalue weighted by Crippen LogP contribution is 2.36. The molecule has 43 heavy (non-hydrogen) atoms. The Labute approximate surface area is 262 Å². The number of carbonyl (C=O) groups is 2. The number of hydrogen-bond donors (Lipinski definition) is 1. The highest BCUT2D eigenvalue weighted by Gasteiger charge is 2.37. The van der Waals surface area contributed by atoms with Crippen LogP contribution in [0.2, 0.25) is 0 Å². The summed E-state index contributed by atoms with van der Waals surface area (Å²) in [5.41, 5.74) is 1.89. The van der Waals surface area contributed by atoms with Crippen molar-refractivity contribution in [3.05, 3.63) is 71.8 Å². The van der Waals surface area contributed by atoms with Gasteiger partial charge in [0.25, 0.3) is 0 Å². The molecule has 0 bridgehead atoms. The molecule has 5 nitrogen and oxygen atoms in total. The average Bonchev–Trinajstić information content (AvgIpc) is 2.92. The van der Waals surface area contributed by atoms with E-state index in [2.05, 4.69) is 46.4 Å². The van der Waals surface area contributed by atoms with Gasteiger partial charge in [-0.05, 0) is 61.5 Å². The molecule has 0 spiro atoms. The van der Waals surface area contributed by atoms with Crippen LogP contribution in [0, 0.1) is 16.7 Å². The number of benzene rings is 2. The highest BCUT2D eigenvalue weighted by molar-refractivity contribution is 5.74. The first kappa shape index (κ1) is 38.4. The summed E-state index contributed by atoms with van der Waals surface area (Å²) in [5, 5.41) is 8.85. The van der Waals surface area contributed by atoms with Crippen LogP contribution in [0.1, 0.15) is 138 Å². The lowest BCUT2D eigenvalue weighted by atomic mass is 9.71. The zero-order valence-corrected chi connectivity index (χ0v) is 28.8. The summed E-state index contributed by atoms with van der Waals surface area (Å²) >= 11 is 0. The number of hydrogen-bond acceptors (Lipinski definition) is 5. The average molecular weight is 597 g/mol. The summed E-state index contributed by atoms with van der Waals surface area (Å²) < 4.78 is 5.63. The molecule has 1 unspecified atom stereocenters. The molecule has 0 fully saturated rings. The molecule has 1 N–H and O–H groups in total. The summed E-state index contributed by atoms with van der Waals surface area (Å²) in [4.78, 5) is 28.1. The summed E-state index contributed by atoms with van der Waals surface area (Å²) in [6.07, 6.45) is 8.78. The molecular weight excluding hydrogens is 536 g/mol. The normalized spacial score (nSPS) is 13.0. The van der Waals surface area contributed by atoms with Crippen molar-refractivity contribution in [2.24, 2.45) is 16.7 Å². The second kappa shape index (κ2) is 17.6. The van der Waals surface area contributed by atoms with E-state index in [1.54, 1.807) is 0 Å². The fourth-order valence-electron chi connectivity index (χ4n) is 5.25. The number of carbonyl (C=O) groups excluding carboxylic acids is 2. The number of rotatable bonds is 14. The maximum absolute atomic E-state index is 12.1. The van der Waals surface area contributed by atoms with Gasteiger partial charge in [0.05, 0.1) is 5.92 Å². The van der Waals surface area contributed by atoms with Crippen LogP contribution in [0.4, 0.5) is 0 Å². The predicted octanol–water partition coefficient (Wildman–Crippen LogP) is 10.7. The van der Waals surface area contributed by atoms with Gasteiger partial charge in [-0.3, -0.25) is 4.79 Å². The Hall–Kier alpha value is -2.66. The molecule has 0 aliphatic heterocycles. The van der Waals surface area contributed by atoms with Crippen LogP contribution < -0.4 is 0 Å². The number of ether oxygens (including phenoxy) is 1. The van der Waals surface area contributed by atoms with Crippen molar-refractivity contribution >= 4 is 11.9 Å². The van der Waals surface area contributed by atoms with Crippen LogP contribution in [0.3, 0.4) is 0 Å². The highest BCUT2D eigenvalue weighted by atomic mass is 17.1. The second-order valence-electron chi connectivity index (χ2n) is 15.3. The van der Waals surface area contributed by atoms with Crippen molar-refractivity contribution in [1.29, 1.82) is 0 Å². The minimum Gasteiger partial charge on any atom is -0.455 e. The first-order valence-electron chi connectivity index (χ1n) is 16.1. The molecule has 0 aliphatic rings. The SMILES string of the molecule is CC(C)(C)CCCCC(C(=O)OO)C(C)(C)c1ccccc1.CC(C)(C)CCCCCC(=O)OC(C)(C)c1ccccc1. The third-order valence-electron chi connectivity index (χ3n) is 8.08. The standard InChI is InChI=1S/C19H30O3.C19H30O2/c1-18(2,3)14-10-9-13-16(17(20)22-21)19(4,5)15-11-7-6-8-12-15;1-18(2,3)15-11-7-10-14-17(20)21-19(4,5)16-12-8-6-9-13-16/h6-8,11-12,16,21H,9-10,13-14H2,1-5H3;6,8-9,12-13H,7,10-11,14-15H2,1-5H3. The molecule has 2 aromatic rings. The van der Waals surface area contributed by atoms with Crippen LogP contribution in [-0.2, 0) is 30.2 Å². The van der Waals surface area contributed by atoms with Crippen molar-refractivity contribution in [3.63, 3.8) is 0 Å². The fourth-order valence-corrected chi connectivity index (χ4v) is 5.25. The van der Waals surface area contributed by atoms with E-state index < -0.39 is 11.6 Å². The van der Waals surface area contributed by atoms with Crippen LogP contribution >= 0.6 is 0 Å². The Kier molecular flexibility index (Phi) is 15.7. The van der Waals surface area contributed by atoms with Crippen LogP contribution in [0.25, 0.3) is 0 Å². The molecule has 5 heteroatoms. The fraction of sp³-hybridized carbons (Fsp3) is 0.632. The zero-order chi connectivity index (χ0) is 32.7. The number of esters is 1. The van der Waals surface area contributed by atoms with Crippen molar-refractivity contribution in [2.75, 3.05) is 0 Å². The summed E-state index contributed by atoms with van der Waals surface area (Å²) in [7, 11) is 0. The summed E-state index contributed by atoms with van der Waals surface area (Å²) in [5.74, 6) is -0.982. The Morgan fingerprint density at radius 1 is 0.651 bits per heavy atom. The van der Waals surface area contributed by atoms with Crippen LogP contribution in [0.5, 0.6) is 0 Å². The molecule has 0 aliphatic carbocycles. The quantitative estimate of drug-likeness (QED) is 0.102. The van der Waals surface area contributed by atoms with Gasteiger partial charge in [0.2, 0.25) is 0 Å². The molecule has 1 atom stereocenters. The topological polar surface area (TPSA) is 72.8 Å². The first-order chi connectivity index (χ1) is 19.9. The lowest BCUT2D eigenvalue weighted by Gasteiger charge is -2.32. The molecule has 2 aromatic carbocycles. The van der Waals surface area contributed by atoms with E-state index in [1.165, 1.54) is 12.8 Å². The Morgan fingerprint density at radius 2 is 1.12 bits per heavy atom. The minimum absolute atomic E-state index is 0.0976. The van der Waals surface area contributed by atoms with Crippen molar-refractivity contribution in [3.8, 4) is 0 Å². The lowest BCUT2D eigenvalue weighted by Crippen LogP contribution is -2.35. The monoisotopic (exact) mass is 596 g/mol. The van der Waals surface area contributed by atoms with E-state index in [9.17, 15) is 9.59 Å². The van der Waals surface area contributed by atoms with Crippen molar-refractivity contribution < 1.29 is 24.5 Å².